The normalized spacial score (nSPS) is 11.8. The monoisotopic (exact) mass is 425 g/mol. The van der Waals surface area contributed by atoms with E-state index in [0.29, 0.717) is 0 Å². The summed E-state index contributed by atoms with van der Waals surface area (Å²) >= 11 is -2.24. The Balaban J connectivity index is 3.07. The van der Waals surface area contributed by atoms with Gasteiger partial charge in [0.1, 0.15) is 0 Å². The van der Waals surface area contributed by atoms with Gasteiger partial charge in [0, 0.05) is 0 Å². The van der Waals surface area contributed by atoms with Crippen LogP contribution in [0.2, 0.25) is 13.3 Å². The Kier molecular flexibility index (Phi) is 11.3. The molecule has 0 aliphatic carbocycles. The first kappa shape index (κ1) is 21.0. The van der Waals surface area contributed by atoms with Crippen LogP contribution in [0.5, 0.6) is 0 Å². The second-order valence-corrected chi connectivity index (χ2v) is 20.5. The van der Waals surface area contributed by atoms with Crippen LogP contribution in [0.4, 0.5) is 0 Å². The third kappa shape index (κ3) is 7.15. The summed E-state index contributed by atoms with van der Waals surface area (Å²) in [6.45, 7) is 9.34. The molecule has 1 nitrogen and oxygen atoms in total. The van der Waals surface area contributed by atoms with Crippen LogP contribution in [0.25, 0.3) is 0 Å². The molecule has 0 spiro atoms. The van der Waals surface area contributed by atoms with E-state index in [1.54, 1.807) is 16.9 Å². The van der Waals surface area contributed by atoms with Gasteiger partial charge in [0.15, 0.2) is 0 Å². The van der Waals surface area contributed by atoms with Gasteiger partial charge in [-0.25, -0.2) is 0 Å². The average Bonchev–Trinajstić information content (AvgIpc) is 2.60. The van der Waals surface area contributed by atoms with E-state index in [-0.39, 0.29) is 0 Å². The van der Waals surface area contributed by atoms with Crippen molar-refractivity contribution in [2.45, 2.75) is 98.8 Å². The SMILES string of the molecule is CCCCc1c[c]([Sn]([CH2]CCC)([CH2]CCC)[CH2]CCC)ccn1. The second kappa shape index (κ2) is 12.3. The van der Waals surface area contributed by atoms with E-state index in [2.05, 4.69) is 51.0 Å². The van der Waals surface area contributed by atoms with Crippen molar-refractivity contribution in [3.8, 4) is 0 Å². The summed E-state index contributed by atoms with van der Waals surface area (Å²) in [5.41, 5.74) is 1.36. The molecular formula is C21H39NSn. The third-order valence-corrected chi connectivity index (χ3v) is 20.8. The van der Waals surface area contributed by atoms with Gasteiger partial charge in [0.25, 0.3) is 0 Å². The van der Waals surface area contributed by atoms with Crippen LogP contribution in [0.1, 0.15) is 84.8 Å². The van der Waals surface area contributed by atoms with Crippen molar-refractivity contribution in [1.82, 2.24) is 4.98 Å². The molecule has 0 saturated heterocycles. The average molecular weight is 424 g/mol. The van der Waals surface area contributed by atoms with Gasteiger partial charge >= 0.3 is 150 Å². The maximum atomic E-state index is 4.66. The van der Waals surface area contributed by atoms with Crippen molar-refractivity contribution in [2.24, 2.45) is 0 Å². The molecule has 1 aromatic rings. The fourth-order valence-corrected chi connectivity index (χ4v) is 19.7. The van der Waals surface area contributed by atoms with Gasteiger partial charge in [-0.05, 0) is 0 Å². The van der Waals surface area contributed by atoms with Crippen LogP contribution < -0.4 is 3.58 Å². The Morgan fingerprint density at radius 2 is 1.30 bits per heavy atom. The molecule has 0 unspecified atom stereocenters. The molecule has 0 aliphatic rings. The van der Waals surface area contributed by atoms with Crippen LogP contribution in [0.3, 0.4) is 0 Å². The molecule has 0 saturated carbocycles. The first-order valence-corrected chi connectivity index (χ1v) is 17.7. The molecule has 23 heavy (non-hydrogen) atoms. The van der Waals surface area contributed by atoms with Gasteiger partial charge in [0.2, 0.25) is 0 Å². The van der Waals surface area contributed by atoms with Crippen LogP contribution in [0, 0.1) is 0 Å². The zero-order chi connectivity index (χ0) is 17.0. The number of nitrogens with zero attached hydrogens (tertiary/aromatic N) is 1. The molecule has 0 amide bonds. The molecule has 0 aliphatic heterocycles. The third-order valence-electron chi connectivity index (χ3n) is 5.24. The number of unbranched alkanes of at least 4 members (excludes halogenated alkanes) is 4. The first-order valence-electron chi connectivity index (χ1n) is 10.2. The van der Waals surface area contributed by atoms with Gasteiger partial charge < -0.3 is 0 Å². The Hall–Kier alpha value is -0.0513. The number of hydrogen-bond donors (Lipinski definition) is 0. The van der Waals surface area contributed by atoms with Crippen LogP contribution in [-0.2, 0) is 6.42 Å². The number of aryl methyl sites for hydroxylation is 1. The molecule has 1 aromatic heterocycles. The van der Waals surface area contributed by atoms with Crippen molar-refractivity contribution in [1.29, 1.82) is 0 Å². The van der Waals surface area contributed by atoms with Gasteiger partial charge in [-0.15, -0.1) is 0 Å². The summed E-state index contributed by atoms with van der Waals surface area (Å²) in [6, 6.07) is 4.94. The predicted molar refractivity (Wildman–Crippen MR) is 107 cm³/mol. The van der Waals surface area contributed by atoms with Gasteiger partial charge in [0.05, 0.1) is 0 Å². The van der Waals surface area contributed by atoms with Crippen LogP contribution in [0.15, 0.2) is 18.3 Å². The van der Waals surface area contributed by atoms with E-state index in [9.17, 15) is 0 Å². The molecule has 0 N–H and O–H groups in total. The van der Waals surface area contributed by atoms with E-state index in [4.69, 9.17) is 0 Å². The first-order chi connectivity index (χ1) is 11.2. The standard InChI is InChI=1S/C9H12N.3C4H9.Sn/c1-2-3-6-9-7-4-5-8-10-9;3*1-3-4-2;/h5,7-8H,2-3,6H2,1H3;3*1,3-4H2,2H3;. The van der Waals surface area contributed by atoms with E-state index in [1.807, 2.05) is 0 Å². The number of hydrogen-bond acceptors (Lipinski definition) is 1. The summed E-state index contributed by atoms with van der Waals surface area (Å²) in [5, 5.41) is 0. The summed E-state index contributed by atoms with van der Waals surface area (Å²) in [5.74, 6) is 0. The second-order valence-electron chi connectivity index (χ2n) is 7.23. The predicted octanol–water partition coefficient (Wildman–Crippen LogP) is 6.48. The zero-order valence-corrected chi connectivity index (χ0v) is 19.0. The quantitative estimate of drug-likeness (QED) is 0.330. The maximum absolute atomic E-state index is 4.66. The molecular weight excluding hydrogens is 385 g/mol. The van der Waals surface area contributed by atoms with Crippen LogP contribution in [-0.4, -0.2) is 23.4 Å². The summed E-state index contributed by atoms with van der Waals surface area (Å²) < 4.78 is 6.46. The topological polar surface area (TPSA) is 12.9 Å². The molecule has 2 heteroatoms. The fraction of sp³-hybridized carbons (Fsp3) is 0.762. The van der Waals surface area contributed by atoms with E-state index >= 15 is 0 Å². The molecule has 0 radical (unpaired) electrons. The fourth-order valence-electron chi connectivity index (χ4n) is 3.66. The van der Waals surface area contributed by atoms with E-state index in [1.165, 1.54) is 63.5 Å². The van der Waals surface area contributed by atoms with Crippen molar-refractivity contribution < 1.29 is 0 Å². The molecule has 1 heterocycles. The molecule has 132 valence electrons. The molecule has 0 atom stereocenters. The van der Waals surface area contributed by atoms with Crippen molar-refractivity contribution in [2.75, 3.05) is 0 Å². The van der Waals surface area contributed by atoms with E-state index in [0.717, 1.165) is 0 Å². The van der Waals surface area contributed by atoms with Crippen molar-refractivity contribution in [3.05, 3.63) is 24.0 Å². The minimum atomic E-state index is -2.24. The zero-order valence-electron chi connectivity index (χ0n) is 16.2. The number of rotatable bonds is 13. The Labute approximate surface area is 149 Å². The summed E-state index contributed by atoms with van der Waals surface area (Å²) in [6.07, 6.45) is 14.2. The molecule has 0 bridgehead atoms. The van der Waals surface area contributed by atoms with E-state index < -0.39 is 18.4 Å². The summed E-state index contributed by atoms with van der Waals surface area (Å²) in [4.78, 5) is 4.66. The Morgan fingerprint density at radius 3 is 1.78 bits per heavy atom. The summed E-state index contributed by atoms with van der Waals surface area (Å²) in [7, 11) is 0. The Bertz CT molecular complexity index is 394. The van der Waals surface area contributed by atoms with Gasteiger partial charge in [-0.3, -0.25) is 0 Å². The minimum absolute atomic E-state index is 1.17. The number of aromatic nitrogens is 1. The number of pyridine rings is 1. The molecule has 0 fully saturated rings. The van der Waals surface area contributed by atoms with Crippen LogP contribution >= 0.6 is 0 Å². The van der Waals surface area contributed by atoms with Gasteiger partial charge in [-0.1, -0.05) is 0 Å². The molecule has 0 aromatic carbocycles. The Morgan fingerprint density at radius 1 is 0.783 bits per heavy atom. The van der Waals surface area contributed by atoms with Crippen molar-refractivity contribution in [3.63, 3.8) is 0 Å². The van der Waals surface area contributed by atoms with Gasteiger partial charge in [-0.2, -0.15) is 0 Å². The molecule has 1 rings (SSSR count). The van der Waals surface area contributed by atoms with Crippen molar-refractivity contribution >= 4 is 22.0 Å².